The van der Waals surface area contributed by atoms with Crippen molar-refractivity contribution in [1.29, 1.82) is 0 Å². The molecule has 0 saturated carbocycles. The van der Waals surface area contributed by atoms with Crippen LogP contribution in [0.4, 0.5) is 4.79 Å². The third-order valence-corrected chi connectivity index (χ3v) is 5.92. The van der Waals surface area contributed by atoms with E-state index in [1.165, 1.54) is 32.6 Å². The average molecular weight is 500 g/mol. The van der Waals surface area contributed by atoms with E-state index < -0.39 is 5.97 Å². The number of aromatic nitrogens is 1. The minimum atomic E-state index is -0.548. The Kier molecular flexibility index (Phi) is 8.91. The lowest BCUT2D eigenvalue weighted by atomic mass is 10.0. The molecule has 3 aromatic rings. The zero-order valence-corrected chi connectivity index (χ0v) is 21.2. The van der Waals surface area contributed by atoms with Gasteiger partial charge in [-0.1, -0.05) is 0 Å². The van der Waals surface area contributed by atoms with Gasteiger partial charge in [0.15, 0.2) is 11.5 Å². The van der Waals surface area contributed by atoms with Crippen LogP contribution in [0.25, 0.3) is 21.8 Å². The third kappa shape index (κ3) is 6.02. The molecule has 0 radical (unpaired) electrons. The van der Waals surface area contributed by atoms with Crippen molar-refractivity contribution in [3.63, 3.8) is 0 Å². The van der Waals surface area contributed by atoms with Crippen LogP contribution in [0.1, 0.15) is 29.8 Å². The standard InChI is InChI=1S/C25H29N3O6S/c1-6-33-20-9-8-15(12-21(20)34-7-2)23-28-19(14-35-23)16-10-17(13-27-25(30)26-3)22(31-4)18(11-16)24(29)32-5/h8-12,14H,6-7,13H2,1-5H3,(H2,26,27,30). The summed E-state index contributed by atoms with van der Waals surface area (Å²) in [6.45, 7) is 5.05. The van der Waals surface area contributed by atoms with Crippen LogP contribution < -0.4 is 24.8 Å². The van der Waals surface area contributed by atoms with Crippen LogP contribution in [0.15, 0.2) is 35.7 Å². The molecule has 10 heteroatoms. The van der Waals surface area contributed by atoms with E-state index in [1.807, 2.05) is 43.5 Å². The van der Waals surface area contributed by atoms with Crippen LogP contribution >= 0.6 is 11.3 Å². The summed E-state index contributed by atoms with van der Waals surface area (Å²) in [5.74, 6) is 1.12. The maximum Gasteiger partial charge on any atom is 0.341 e. The number of methoxy groups -OCH3 is 2. The SMILES string of the molecule is CCOc1ccc(-c2nc(-c3cc(CNC(=O)NC)c(OC)c(C(=O)OC)c3)cs2)cc1OCC. The van der Waals surface area contributed by atoms with Crippen molar-refractivity contribution in [3.8, 4) is 39.1 Å². The minimum Gasteiger partial charge on any atom is -0.495 e. The first-order valence-electron chi connectivity index (χ1n) is 11.1. The van der Waals surface area contributed by atoms with E-state index in [0.29, 0.717) is 47.3 Å². The molecule has 0 aliphatic heterocycles. The fourth-order valence-electron chi connectivity index (χ4n) is 3.46. The van der Waals surface area contributed by atoms with Gasteiger partial charge >= 0.3 is 12.0 Å². The number of nitrogens with one attached hydrogen (secondary N) is 2. The van der Waals surface area contributed by atoms with Gasteiger partial charge in [0.25, 0.3) is 0 Å². The molecule has 3 rings (SSSR count). The van der Waals surface area contributed by atoms with Crippen LogP contribution in [0.3, 0.4) is 0 Å². The number of ether oxygens (including phenoxy) is 4. The topological polar surface area (TPSA) is 108 Å². The summed E-state index contributed by atoms with van der Waals surface area (Å²) in [4.78, 5) is 29.0. The van der Waals surface area contributed by atoms with Gasteiger partial charge in [-0.3, -0.25) is 0 Å². The molecule has 0 atom stereocenters. The molecule has 2 amide bonds. The van der Waals surface area contributed by atoms with Crippen LogP contribution in [0, 0.1) is 0 Å². The van der Waals surface area contributed by atoms with Gasteiger partial charge in [-0.15, -0.1) is 11.3 Å². The second kappa shape index (κ2) is 12.1. The number of hydrogen-bond donors (Lipinski definition) is 2. The van der Waals surface area contributed by atoms with Gasteiger partial charge in [0.2, 0.25) is 0 Å². The monoisotopic (exact) mass is 499 g/mol. The number of amides is 2. The highest BCUT2D eigenvalue weighted by Crippen LogP contribution is 2.37. The molecule has 0 saturated heterocycles. The van der Waals surface area contributed by atoms with Crippen molar-refractivity contribution in [3.05, 3.63) is 46.8 Å². The number of nitrogens with zero attached hydrogens (tertiary/aromatic N) is 1. The number of esters is 1. The number of benzene rings is 2. The zero-order chi connectivity index (χ0) is 25.4. The van der Waals surface area contributed by atoms with E-state index in [9.17, 15) is 9.59 Å². The normalized spacial score (nSPS) is 10.4. The minimum absolute atomic E-state index is 0.147. The molecule has 9 nitrogen and oxygen atoms in total. The molecule has 0 aliphatic rings. The highest BCUT2D eigenvalue weighted by molar-refractivity contribution is 7.13. The Balaban J connectivity index is 2.03. The Morgan fingerprint density at radius 2 is 1.74 bits per heavy atom. The van der Waals surface area contributed by atoms with Crippen LogP contribution in [-0.2, 0) is 11.3 Å². The number of rotatable bonds is 10. The summed E-state index contributed by atoms with van der Waals surface area (Å²) >= 11 is 1.47. The number of urea groups is 1. The molecule has 0 fully saturated rings. The Morgan fingerprint density at radius 1 is 1.00 bits per heavy atom. The van der Waals surface area contributed by atoms with Crippen molar-refractivity contribution < 1.29 is 28.5 Å². The molecule has 0 spiro atoms. The predicted octanol–water partition coefficient (Wildman–Crippen LogP) is 4.50. The van der Waals surface area contributed by atoms with Gasteiger partial charge in [0, 0.05) is 35.7 Å². The molecule has 0 unspecified atom stereocenters. The summed E-state index contributed by atoms with van der Waals surface area (Å²) in [7, 11) is 4.30. The van der Waals surface area contributed by atoms with Crippen LogP contribution in [0.2, 0.25) is 0 Å². The maximum absolute atomic E-state index is 12.5. The maximum atomic E-state index is 12.5. The van der Waals surface area contributed by atoms with Crippen molar-refractivity contribution in [2.24, 2.45) is 0 Å². The molecule has 35 heavy (non-hydrogen) atoms. The van der Waals surface area contributed by atoms with E-state index >= 15 is 0 Å². The molecule has 1 aromatic heterocycles. The number of thiazole rings is 1. The Hall–Kier alpha value is -3.79. The van der Waals surface area contributed by atoms with E-state index in [-0.39, 0.29) is 18.1 Å². The van der Waals surface area contributed by atoms with Gasteiger partial charge in [-0.05, 0) is 44.2 Å². The van der Waals surface area contributed by atoms with E-state index in [1.54, 1.807) is 6.07 Å². The molecular weight excluding hydrogens is 470 g/mol. The van der Waals surface area contributed by atoms with Crippen LogP contribution in [-0.4, -0.2) is 51.5 Å². The first-order valence-corrected chi connectivity index (χ1v) is 11.9. The molecule has 2 aromatic carbocycles. The van der Waals surface area contributed by atoms with Gasteiger partial charge in [-0.2, -0.15) is 0 Å². The lowest BCUT2D eigenvalue weighted by Crippen LogP contribution is -2.32. The molecular formula is C25H29N3O6S. The van der Waals surface area contributed by atoms with Gasteiger partial charge in [0.1, 0.15) is 16.3 Å². The number of carbonyl (C=O) groups excluding carboxylic acids is 2. The predicted molar refractivity (Wildman–Crippen MR) is 135 cm³/mol. The summed E-state index contributed by atoms with van der Waals surface area (Å²) in [6, 6.07) is 8.87. The lowest BCUT2D eigenvalue weighted by Gasteiger charge is -2.15. The van der Waals surface area contributed by atoms with Crippen molar-refractivity contribution in [2.75, 3.05) is 34.5 Å². The first-order chi connectivity index (χ1) is 16.9. The quantitative estimate of drug-likeness (QED) is 0.396. The highest BCUT2D eigenvalue weighted by atomic mass is 32.1. The molecule has 1 heterocycles. The second-order valence-corrected chi connectivity index (χ2v) is 8.06. The van der Waals surface area contributed by atoms with Crippen molar-refractivity contribution in [2.45, 2.75) is 20.4 Å². The fourth-order valence-corrected chi connectivity index (χ4v) is 4.28. The first kappa shape index (κ1) is 25.8. The van der Waals surface area contributed by atoms with Gasteiger partial charge in [0.05, 0.1) is 33.1 Å². The Bertz CT molecular complexity index is 1190. The van der Waals surface area contributed by atoms with Crippen molar-refractivity contribution in [1.82, 2.24) is 15.6 Å². The molecule has 0 bridgehead atoms. The average Bonchev–Trinajstić information content (AvgIpc) is 3.37. The van der Waals surface area contributed by atoms with Gasteiger partial charge in [-0.25, -0.2) is 14.6 Å². The molecule has 0 aliphatic carbocycles. The fraction of sp³-hybridized carbons (Fsp3) is 0.320. The van der Waals surface area contributed by atoms with E-state index in [2.05, 4.69) is 10.6 Å². The summed E-state index contributed by atoms with van der Waals surface area (Å²) in [6.07, 6.45) is 0. The third-order valence-electron chi connectivity index (χ3n) is 5.03. The lowest BCUT2D eigenvalue weighted by molar-refractivity contribution is 0.0597. The smallest absolute Gasteiger partial charge is 0.341 e. The van der Waals surface area contributed by atoms with Gasteiger partial charge < -0.3 is 29.6 Å². The Morgan fingerprint density at radius 3 is 2.40 bits per heavy atom. The summed E-state index contributed by atoms with van der Waals surface area (Å²) in [5.41, 5.74) is 3.11. The summed E-state index contributed by atoms with van der Waals surface area (Å²) in [5, 5.41) is 7.92. The van der Waals surface area contributed by atoms with E-state index in [4.69, 9.17) is 23.9 Å². The molecule has 186 valence electrons. The highest BCUT2D eigenvalue weighted by Gasteiger charge is 2.21. The second-order valence-electron chi connectivity index (χ2n) is 7.21. The summed E-state index contributed by atoms with van der Waals surface area (Å²) < 4.78 is 21.8. The number of hydrogen-bond acceptors (Lipinski definition) is 8. The largest absolute Gasteiger partial charge is 0.495 e. The van der Waals surface area contributed by atoms with Crippen LogP contribution in [0.5, 0.6) is 17.2 Å². The van der Waals surface area contributed by atoms with Crippen molar-refractivity contribution >= 4 is 23.3 Å². The Labute approximate surface area is 208 Å². The number of carbonyl (C=O) groups is 2. The molecule has 2 N–H and O–H groups in total. The van der Waals surface area contributed by atoms with E-state index in [0.717, 1.165) is 10.6 Å². The zero-order valence-electron chi connectivity index (χ0n) is 20.4.